The topological polar surface area (TPSA) is 115 Å². The maximum Gasteiger partial charge on any atom is 0.269 e. The first-order valence-corrected chi connectivity index (χ1v) is 11.9. The lowest BCUT2D eigenvalue weighted by molar-refractivity contribution is -0.384. The summed E-state index contributed by atoms with van der Waals surface area (Å²) in [5, 5.41) is 14.3. The highest BCUT2D eigenvalue weighted by molar-refractivity contribution is 6.12. The number of hydrogen-bond acceptors (Lipinski definition) is 7. The molecule has 36 heavy (non-hydrogen) atoms. The number of ether oxygens (including phenoxy) is 1. The molecular weight excluding hydrogens is 460 g/mol. The lowest BCUT2D eigenvalue weighted by Crippen LogP contribution is -2.53. The Morgan fingerprint density at radius 1 is 1.19 bits per heavy atom. The van der Waals surface area contributed by atoms with E-state index in [9.17, 15) is 19.7 Å². The molecule has 2 saturated heterocycles. The van der Waals surface area contributed by atoms with Gasteiger partial charge in [-0.05, 0) is 55.3 Å². The van der Waals surface area contributed by atoms with Crippen LogP contribution in [-0.4, -0.2) is 46.2 Å². The Kier molecular flexibility index (Phi) is 5.11. The van der Waals surface area contributed by atoms with Crippen LogP contribution in [0.2, 0.25) is 0 Å². The van der Waals surface area contributed by atoms with E-state index >= 15 is 0 Å². The predicted molar refractivity (Wildman–Crippen MR) is 131 cm³/mol. The van der Waals surface area contributed by atoms with E-state index in [1.54, 1.807) is 49.7 Å². The van der Waals surface area contributed by atoms with Crippen LogP contribution in [0.1, 0.15) is 40.4 Å². The number of nitro groups is 1. The molecule has 6 rings (SSSR count). The summed E-state index contributed by atoms with van der Waals surface area (Å²) < 4.78 is 5.50. The molecular formula is C27H24N4O5. The summed E-state index contributed by atoms with van der Waals surface area (Å²) in [7, 11) is 1.57. The number of carbonyl (C=O) groups excluding carboxylic acids is 2. The number of nitrogens with zero attached hydrogens (tertiary/aromatic N) is 3. The monoisotopic (exact) mass is 484 g/mol. The van der Waals surface area contributed by atoms with E-state index < -0.39 is 16.4 Å². The molecule has 3 aromatic rings. The van der Waals surface area contributed by atoms with Gasteiger partial charge in [0.25, 0.3) is 5.69 Å². The van der Waals surface area contributed by atoms with Crippen molar-refractivity contribution < 1.29 is 19.2 Å². The zero-order chi connectivity index (χ0) is 25.0. The Labute approximate surface area is 207 Å². The van der Waals surface area contributed by atoms with E-state index in [0.717, 1.165) is 24.0 Å². The van der Waals surface area contributed by atoms with E-state index in [4.69, 9.17) is 4.74 Å². The third kappa shape index (κ3) is 3.02. The molecule has 1 N–H and O–H groups in total. The van der Waals surface area contributed by atoms with Gasteiger partial charge in [-0.15, -0.1) is 0 Å². The molecule has 1 spiro atoms. The van der Waals surface area contributed by atoms with Gasteiger partial charge >= 0.3 is 0 Å². The summed E-state index contributed by atoms with van der Waals surface area (Å²) in [6.07, 6.45) is 3.26. The summed E-state index contributed by atoms with van der Waals surface area (Å²) >= 11 is 0. The molecule has 3 aliphatic rings. The molecule has 3 unspecified atom stereocenters. The molecule has 0 saturated carbocycles. The summed E-state index contributed by atoms with van der Waals surface area (Å²) in [5.74, 6) is -1.00. The normalized spacial score (nSPS) is 26.5. The van der Waals surface area contributed by atoms with E-state index in [2.05, 4.69) is 15.2 Å². The Hall–Kier alpha value is -4.11. The number of aromatic nitrogens is 1. The summed E-state index contributed by atoms with van der Waals surface area (Å²) in [6.45, 7) is 0.657. The SMILES string of the molecule is COc1ccc2c(c1)[C@]1(C(=O)N2)C(C(=O)c2ccccn2)C(c2ccc([N+](=O)[O-])cc2)C2CCCN21. The van der Waals surface area contributed by atoms with Gasteiger partial charge in [0.1, 0.15) is 17.0 Å². The summed E-state index contributed by atoms with van der Waals surface area (Å²) in [6, 6.07) is 16.9. The lowest BCUT2D eigenvalue weighted by atomic mass is 9.69. The number of anilines is 1. The maximum atomic E-state index is 14.3. The van der Waals surface area contributed by atoms with E-state index in [-0.39, 0.29) is 29.3 Å². The van der Waals surface area contributed by atoms with Crippen molar-refractivity contribution in [2.24, 2.45) is 5.92 Å². The van der Waals surface area contributed by atoms with Crippen molar-refractivity contribution in [3.63, 3.8) is 0 Å². The molecule has 0 bridgehead atoms. The number of methoxy groups -OCH3 is 1. The van der Waals surface area contributed by atoms with Crippen molar-refractivity contribution in [3.8, 4) is 5.75 Å². The van der Waals surface area contributed by atoms with Gasteiger partial charge in [0.05, 0.1) is 18.0 Å². The molecule has 0 radical (unpaired) electrons. The fourth-order valence-electron chi connectivity index (χ4n) is 6.53. The molecule has 9 nitrogen and oxygen atoms in total. The van der Waals surface area contributed by atoms with Gasteiger partial charge in [0.15, 0.2) is 5.78 Å². The summed E-state index contributed by atoms with van der Waals surface area (Å²) in [4.78, 5) is 45.7. The van der Waals surface area contributed by atoms with Crippen LogP contribution in [0, 0.1) is 16.0 Å². The van der Waals surface area contributed by atoms with Gasteiger partial charge in [0, 0.05) is 41.5 Å². The van der Waals surface area contributed by atoms with Crippen LogP contribution in [0.25, 0.3) is 0 Å². The number of ketones is 1. The maximum absolute atomic E-state index is 14.3. The molecule has 1 amide bonds. The second-order valence-corrected chi connectivity index (χ2v) is 9.47. The highest BCUT2D eigenvalue weighted by Crippen LogP contribution is 2.61. The minimum absolute atomic E-state index is 0.0176. The number of amides is 1. The van der Waals surface area contributed by atoms with Crippen molar-refractivity contribution in [2.45, 2.75) is 30.3 Å². The van der Waals surface area contributed by atoms with E-state index in [1.165, 1.54) is 12.1 Å². The average molecular weight is 485 g/mol. The van der Waals surface area contributed by atoms with Crippen molar-refractivity contribution in [2.75, 3.05) is 19.0 Å². The molecule has 3 aliphatic heterocycles. The number of non-ortho nitro benzene ring substituents is 1. The number of nitro benzene ring substituents is 1. The van der Waals surface area contributed by atoms with Crippen molar-refractivity contribution >= 4 is 23.1 Å². The average Bonchev–Trinajstić information content (AvgIpc) is 3.57. The van der Waals surface area contributed by atoms with Crippen LogP contribution in [0.3, 0.4) is 0 Å². The van der Waals surface area contributed by atoms with Crippen LogP contribution in [-0.2, 0) is 10.3 Å². The number of carbonyl (C=O) groups is 2. The number of hydrogen-bond donors (Lipinski definition) is 1. The molecule has 2 fully saturated rings. The van der Waals surface area contributed by atoms with E-state index in [0.29, 0.717) is 23.7 Å². The second kappa shape index (κ2) is 8.23. The molecule has 2 aromatic carbocycles. The quantitative estimate of drug-likeness (QED) is 0.332. The first kappa shape index (κ1) is 22.4. The lowest BCUT2D eigenvalue weighted by Gasteiger charge is -2.36. The molecule has 0 aliphatic carbocycles. The van der Waals surface area contributed by atoms with Gasteiger partial charge in [-0.3, -0.25) is 29.6 Å². The molecule has 9 heteroatoms. The largest absolute Gasteiger partial charge is 0.497 e. The van der Waals surface area contributed by atoms with Crippen molar-refractivity contribution in [3.05, 3.63) is 93.8 Å². The first-order chi connectivity index (χ1) is 17.5. The number of nitrogens with one attached hydrogen (secondary N) is 1. The van der Waals surface area contributed by atoms with Gasteiger partial charge < -0.3 is 10.1 Å². The Morgan fingerprint density at radius 2 is 2.00 bits per heavy atom. The van der Waals surface area contributed by atoms with Crippen molar-refractivity contribution in [1.29, 1.82) is 0 Å². The minimum Gasteiger partial charge on any atom is -0.497 e. The Morgan fingerprint density at radius 3 is 2.69 bits per heavy atom. The van der Waals surface area contributed by atoms with E-state index in [1.807, 2.05) is 12.1 Å². The predicted octanol–water partition coefficient (Wildman–Crippen LogP) is 3.91. The fraction of sp³-hybridized carbons (Fsp3) is 0.296. The van der Waals surface area contributed by atoms with Gasteiger partial charge in [-0.25, -0.2) is 0 Å². The molecule has 4 atom stereocenters. The zero-order valence-corrected chi connectivity index (χ0v) is 19.6. The zero-order valence-electron chi connectivity index (χ0n) is 19.6. The molecule has 1 aromatic heterocycles. The fourth-order valence-corrected chi connectivity index (χ4v) is 6.53. The molecule has 182 valence electrons. The van der Waals surface area contributed by atoms with Crippen LogP contribution < -0.4 is 10.1 Å². The smallest absolute Gasteiger partial charge is 0.269 e. The second-order valence-electron chi connectivity index (χ2n) is 9.47. The standard InChI is InChI=1S/C27H24N4O5/c1-36-18-11-12-20-19(15-18)27(26(33)29-20)24(25(32)21-5-2-3-13-28-21)23(22-6-4-14-30(22)27)16-7-9-17(10-8-16)31(34)35/h2-3,5,7-13,15,22-24H,4,6,14H2,1H3,(H,29,33)/t22?,23?,24?,27-/m1/s1. The third-order valence-corrected chi connectivity index (χ3v) is 7.90. The van der Waals surface area contributed by atoms with Gasteiger partial charge in [0.2, 0.25) is 5.91 Å². The number of Topliss-reactive ketones (excluding diaryl/α,β-unsaturated/α-hetero) is 1. The van der Waals surface area contributed by atoms with Crippen LogP contribution in [0.15, 0.2) is 66.9 Å². The third-order valence-electron chi connectivity index (χ3n) is 7.90. The number of fused-ring (bicyclic) bond motifs is 4. The summed E-state index contributed by atoms with van der Waals surface area (Å²) in [5.41, 5.74) is 1.21. The highest BCUT2D eigenvalue weighted by Gasteiger charge is 2.69. The Balaban J connectivity index is 1.60. The van der Waals surface area contributed by atoms with Crippen LogP contribution in [0.5, 0.6) is 5.75 Å². The Bertz CT molecular complexity index is 1380. The minimum atomic E-state index is -1.24. The first-order valence-electron chi connectivity index (χ1n) is 11.9. The number of pyridine rings is 1. The van der Waals surface area contributed by atoms with Gasteiger partial charge in [-0.1, -0.05) is 18.2 Å². The number of benzene rings is 2. The van der Waals surface area contributed by atoms with Crippen LogP contribution >= 0.6 is 0 Å². The van der Waals surface area contributed by atoms with Crippen molar-refractivity contribution in [1.82, 2.24) is 9.88 Å². The van der Waals surface area contributed by atoms with Crippen LogP contribution in [0.4, 0.5) is 11.4 Å². The van der Waals surface area contributed by atoms with Gasteiger partial charge in [-0.2, -0.15) is 0 Å². The highest BCUT2D eigenvalue weighted by atomic mass is 16.6. The number of rotatable bonds is 5. The molecule has 4 heterocycles.